The van der Waals surface area contributed by atoms with Crippen LogP contribution >= 0.6 is 0 Å². The highest BCUT2D eigenvalue weighted by molar-refractivity contribution is 6.14. The number of benzene rings is 13. The van der Waals surface area contributed by atoms with E-state index in [1.165, 1.54) is 36.4 Å². The molecule has 3 aromatic heterocycles. The van der Waals surface area contributed by atoms with Crippen molar-refractivity contribution in [1.82, 2.24) is 19.1 Å². The molecule has 4 nitrogen and oxygen atoms in total. The minimum absolute atomic E-state index is 0.0396. The lowest BCUT2D eigenvalue weighted by Gasteiger charge is -2.23. The summed E-state index contributed by atoms with van der Waals surface area (Å²) in [5.41, 5.74) is 6.44. The Morgan fingerprint density at radius 3 is 1.20 bits per heavy atom. The van der Waals surface area contributed by atoms with Crippen molar-refractivity contribution in [2.75, 3.05) is 0 Å². The quantitative estimate of drug-likeness (QED) is 0.128. The van der Waals surface area contributed by atoms with E-state index in [0.29, 0.717) is 62.8 Å². The van der Waals surface area contributed by atoms with Crippen LogP contribution in [0, 0.1) is 0 Å². The molecule has 103 heavy (non-hydrogen) atoms. The van der Waals surface area contributed by atoms with E-state index in [0.717, 1.165) is 78.6 Å². The van der Waals surface area contributed by atoms with E-state index < -0.39 is 58.1 Å². The summed E-state index contributed by atoms with van der Waals surface area (Å²) in [6, 6.07) is 84.7. The lowest BCUT2D eigenvalue weighted by atomic mass is 9.86. The molecule has 0 unspecified atom stereocenters. The highest BCUT2D eigenvalue weighted by Gasteiger charge is 2.41. The van der Waals surface area contributed by atoms with E-state index in [1.54, 1.807) is 0 Å². The predicted molar refractivity (Wildman–Crippen MR) is 382 cm³/mol. The number of nitrogens with zero attached hydrogens (tertiary/aromatic N) is 4. The molecule has 13 aromatic carbocycles. The Morgan fingerprint density at radius 1 is 0.262 bits per heavy atom. The molecule has 0 saturated carbocycles. The van der Waals surface area contributed by atoms with Gasteiger partial charge < -0.3 is 9.13 Å². The third kappa shape index (κ3) is 11.2. The summed E-state index contributed by atoms with van der Waals surface area (Å²) in [5.74, 6) is 0.143. The fraction of sp³-hybridized carbons (Fsp3) is 0.0575. The molecule has 0 aliphatic heterocycles. The van der Waals surface area contributed by atoms with E-state index in [4.69, 9.17) is 9.97 Å². The van der Waals surface area contributed by atoms with Gasteiger partial charge in [0.15, 0.2) is 5.82 Å². The van der Waals surface area contributed by atoms with Crippen molar-refractivity contribution in [2.24, 2.45) is 0 Å². The van der Waals surface area contributed by atoms with E-state index >= 15 is 26.3 Å². The SMILES string of the molecule is FC(F)(F)c1ccc(-c2ccc3c(c2)c2cc(-c4ccc(C(F)(F)F)cc4C(F)(F)F)ccc2n3-c2c(-c3cccc(C4c5ccccc5-c5ccccc54)c3)cc(-c3cc(-c4ccccc4)nc(-c4ccccc4)n3)cc2-c2cccc(-n3c4ccccc4c4ccccc43)c2)c(C(F)(F)F)c1. The van der Waals surface area contributed by atoms with Gasteiger partial charge in [-0.3, -0.25) is 0 Å². The van der Waals surface area contributed by atoms with E-state index in [1.807, 2.05) is 174 Å². The molecule has 0 N–H and O–H groups in total. The normalized spacial score (nSPS) is 12.8. The number of aromatic nitrogens is 4. The van der Waals surface area contributed by atoms with Gasteiger partial charge in [0.1, 0.15) is 0 Å². The van der Waals surface area contributed by atoms with Gasteiger partial charge in [0.25, 0.3) is 0 Å². The Morgan fingerprint density at radius 2 is 0.689 bits per heavy atom. The van der Waals surface area contributed by atoms with Crippen LogP contribution in [0.2, 0.25) is 0 Å². The van der Waals surface area contributed by atoms with Gasteiger partial charge in [-0.25, -0.2) is 9.97 Å². The highest BCUT2D eigenvalue weighted by atomic mass is 19.4. The van der Waals surface area contributed by atoms with Crippen LogP contribution in [0.25, 0.3) is 145 Å². The second kappa shape index (κ2) is 24.2. The largest absolute Gasteiger partial charge is 0.417 e. The summed E-state index contributed by atoms with van der Waals surface area (Å²) in [6.07, 6.45) is -21.0. The van der Waals surface area contributed by atoms with Crippen molar-refractivity contribution in [3.63, 3.8) is 0 Å². The van der Waals surface area contributed by atoms with Crippen LogP contribution in [0.4, 0.5) is 52.7 Å². The van der Waals surface area contributed by atoms with Gasteiger partial charge in [-0.1, -0.05) is 206 Å². The molecule has 0 spiro atoms. The average molecular weight is 1380 g/mol. The maximum Gasteiger partial charge on any atom is 0.417 e. The molecular formula is C87H50F12N4. The molecule has 1 aliphatic carbocycles. The van der Waals surface area contributed by atoms with Crippen molar-refractivity contribution in [3.05, 3.63) is 336 Å². The van der Waals surface area contributed by atoms with Crippen LogP contribution in [0.3, 0.4) is 0 Å². The van der Waals surface area contributed by atoms with Crippen molar-refractivity contribution >= 4 is 43.6 Å². The molecule has 16 aromatic rings. The molecule has 0 amide bonds. The molecule has 17 rings (SSSR count). The summed E-state index contributed by atoms with van der Waals surface area (Å²) in [5, 5.41) is 2.25. The molecule has 1 aliphatic rings. The summed E-state index contributed by atoms with van der Waals surface area (Å²) in [4.78, 5) is 10.5. The average Bonchev–Trinajstić information content (AvgIpc) is 1.59. The maximum absolute atomic E-state index is 15.4. The van der Waals surface area contributed by atoms with Gasteiger partial charge in [0, 0.05) is 61.0 Å². The molecule has 0 atom stereocenters. The van der Waals surface area contributed by atoms with Crippen molar-refractivity contribution in [2.45, 2.75) is 30.6 Å². The van der Waals surface area contributed by atoms with Gasteiger partial charge in [0.05, 0.1) is 61.4 Å². The number of rotatable bonds is 10. The molecule has 0 saturated heterocycles. The predicted octanol–water partition coefficient (Wildman–Crippen LogP) is 25.6. The first kappa shape index (κ1) is 64.1. The second-order valence-corrected chi connectivity index (χ2v) is 25.6. The van der Waals surface area contributed by atoms with E-state index in [-0.39, 0.29) is 51.0 Å². The second-order valence-electron chi connectivity index (χ2n) is 25.6. The lowest BCUT2D eigenvalue weighted by molar-refractivity contribution is -0.144. The summed E-state index contributed by atoms with van der Waals surface area (Å²) in [7, 11) is 0. The van der Waals surface area contributed by atoms with Gasteiger partial charge in [-0.2, -0.15) is 52.7 Å². The highest BCUT2D eigenvalue weighted by Crippen LogP contribution is 2.52. The first-order chi connectivity index (χ1) is 49.6. The topological polar surface area (TPSA) is 35.6 Å². The number of hydrogen-bond donors (Lipinski definition) is 0. The minimum atomic E-state index is -5.33. The fourth-order valence-corrected chi connectivity index (χ4v) is 15.0. The Kier molecular flexibility index (Phi) is 15.1. The third-order valence-electron chi connectivity index (χ3n) is 19.5. The molecular weight excluding hydrogens is 1330 g/mol. The maximum atomic E-state index is 15.4. The van der Waals surface area contributed by atoms with Gasteiger partial charge in [-0.05, 0) is 152 Å². The molecule has 0 fully saturated rings. The van der Waals surface area contributed by atoms with Crippen molar-refractivity contribution < 1.29 is 52.7 Å². The Bertz CT molecular complexity index is 5790. The van der Waals surface area contributed by atoms with Gasteiger partial charge >= 0.3 is 24.7 Å². The fourth-order valence-electron chi connectivity index (χ4n) is 15.0. The van der Waals surface area contributed by atoms with Crippen LogP contribution in [-0.2, 0) is 24.7 Å². The first-order valence-corrected chi connectivity index (χ1v) is 32.8. The lowest BCUT2D eigenvalue weighted by Crippen LogP contribution is -2.12. The van der Waals surface area contributed by atoms with E-state index in [2.05, 4.69) is 59.2 Å². The number of hydrogen-bond acceptors (Lipinski definition) is 2. The number of halogens is 12. The number of para-hydroxylation sites is 2. The molecule has 0 bridgehead atoms. The van der Waals surface area contributed by atoms with Crippen molar-refractivity contribution in [1.29, 1.82) is 0 Å². The zero-order valence-electron chi connectivity index (χ0n) is 53.7. The van der Waals surface area contributed by atoms with Crippen LogP contribution in [0.15, 0.2) is 297 Å². The zero-order chi connectivity index (χ0) is 70.8. The molecule has 16 heteroatoms. The monoisotopic (exact) mass is 1380 g/mol. The molecule has 0 radical (unpaired) electrons. The summed E-state index contributed by atoms with van der Waals surface area (Å²) >= 11 is 0. The van der Waals surface area contributed by atoms with Crippen molar-refractivity contribution in [3.8, 4) is 101 Å². The molecule has 502 valence electrons. The Labute approximate surface area is 580 Å². The first-order valence-electron chi connectivity index (χ1n) is 32.8. The Balaban J connectivity index is 1.02. The van der Waals surface area contributed by atoms with Crippen LogP contribution in [0.5, 0.6) is 0 Å². The third-order valence-corrected chi connectivity index (χ3v) is 19.5. The summed E-state index contributed by atoms with van der Waals surface area (Å²) in [6.45, 7) is 0. The van der Waals surface area contributed by atoms with Crippen LogP contribution in [-0.4, -0.2) is 19.1 Å². The van der Waals surface area contributed by atoms with E-state index in [9.17, 15) is 26.3 Å². The molecule has 3 heterocycles. The van der Waals surface area contributed by atoms with Crippen LogP contribution < -0.4 is 0 Å². The minimum Gasteiger partial charge on any atom is -0.309 e. The standard InChI is InChI=1S/C87H50F12N4/c88-84(89,90)58-35-37-61(73(47-58)86(94,95)96)54-33-39-79-71(43-54)72-44-55(62-38-36-59(85(91,92)93)48-74(62)87(97,98)99)34-40-80(72)103(79)82-69(52-21-15-23-56(41-52)81-67-29-9-7-25-63(67)64-26-8-10-30-68(64)81)45-57(76-49-75(50-17-3-1-4-18-50)100-83(101-76)51-19-5-2-6-20-51)46-70(82)53-22-16-24-60(42-53)102-77-31-13-11-27-65(77)66-28-12-14-32-78(66)102/h1-49,81H. The van der Waals surface area contributed by atoms with Crippen LogP contribution in [0.1, 0.15) is 44.9 Å². The van der Waals surface area contributed by atoms with Gasteiger partial charge in [0.2, 0.25) is 0 Å². The summed E-state index contributed by atoms with van der Waals surface area (Å²) < 4.78 is 182. The smallest absolute Gasteiger partial charge is 0.309 e. The Hall–Kier alpha value is -12.3. The number of fused-ring (bicyclic) bond motifs is 9. The number of alkyl halides is 12. The zero-order valence-corrected chi connectivity index (χ0v) is 53.7. The van der Waals surface area contributed by atoms with Gasteiger partial charge in [-0.15, -0.1) is 0 Å².